The molecular formula is C19H16N4O2S. The van der Waals surface area contributed by atoms with E-state index >= 15 is 0 Å². The molecule has 0 atom stereocenters. The topological polar surface area (TPSA) is 68.5 Å². The lowest BCUT2D eigenvalue weighted by Crippen LogP contribution is -2.14. The van der Waals surface area contributed by atoms with Crippen LogP contribution >= 0.6 is 11.8 Å². The van der Waals surface area contributed by atoms with Gasteiger partial charge in [-0.1, -0.05) is 36.0 Å². The SMILES string of the molecule is COc1cccc(NC(=O)CSc2nnc3ccc4ccccc4n23)c1. The van der Waals surface area contributed by atoms with Crippen molar-refractivity contribution in [2.24, 2.45) is 0 Å². The third-order valence-corrected chi connectivity index (χ3v) is 4.86. The van der Waals surface area contributed by atoms with Crippen LogP contribution in [0.25, 0.3) is 16.6 Å². The maximum absolute atomic E-state index is 12.3. The van der Waals surface area contributed by atoms with Crippen LogP contribution in [0.4, 0.5) is 5.69 Å². The van der Waals surface area contributed by atoms with Crippen molar-refractivity contribution < 1.29 is 9.53 Å². The van der Waals surface area contributed by atoms with Crippen LogP contribution in [-0.4, -0.2) is 33.4 Å². The van der Waals surface area contributed by atoms with Gasteiger partial charge in [0.2, 0.25) is 5.91 Å². The Labute approximate surface area is 154 Å². The van der Waals surface area contributed by atoms with Crippen LogP contribution in [0.5, 0.6) is 5.75 Å². The van der Waals surface area contributed by atoms with Crippen LogP contribution in [0, 0.1) is 0 Å². The lowest BCUT2D eigenvalue weighted by Gasteiger charge is -2.07. The summed E-state index contributed by atoms with van der Waals surface area (Å²) in [7, 11) is 1.59. The van der Waals surface area contributed by atoms with E-state index in [2.05, 4.69) is 15.5 Å². The number of para-hydroxylation sites is 1. The van der Waals surface area contributed by atoms with E-state index in [9.17, 15) is 4.79 Å². The van der Waals surface area contributed by atoms with Crippen LogP contribution in [0.15, 0.2) is 65.8 Å². The van der Waals surface area contributed by atoms with Crippen molar-refractivity contribution in [3.8, 4) is 5.75 Å². The first-order chi connectivity index (χ1) is 12.7. The Hall–Kier alpha value is -3.06. The second-order valence-electron chi connectivity index (χ2n) is 5.64. The molecular weight excluding hydrogens is 348 g/mol. The van der Waals surface area contributed by atoms with Crippen LogP contribution in [0.1, 0.15) is 0 Å². The Morgan fingerprint density at radius 3 is 2.88 bits per heavy atom. The number of carbonyl (C=O) groups excluding carboxylic acids is 1. The molecule has 26 heavy (non-hydrogen) atoms. The smallest absolute Gasteiger partial charge is 0.234 e. The highest BCUT2D eigenvalue weighted by molar-refractivity contribution is 7.99. The fourth-order valence-electron chi connectivity index (χ4n) is 2.73. The summed E-state index contributed by atoms with van der Waals surface area (Å²) in [6.07, 6.45) is 0. The number of hydrogen-bond acceptors (Lipinski definition) is 5. The molecule has 0 spiro atoms. The lowest BCUT2D eigenvalue weighted by molar-refractivity contribution is -0.113. The van der Waals surface area contributed by atoms with Crippen LogP contribution in [0.2, 0.25) is 0 Å². The minimum atomic E-state index is -0.111. The molecule has 1 N–H and O–H groups in total. The van der Waals surface area contributed by atoms with Crippen molar-refractivity contribution in [3.05, 3.63) is 60.7 Å². The molecule has 0 saturated carbocycles. The van der Waals surface area contributed by atoms with E-state index in [1.807, 2.05) is 59.0 Å². The maximum atomic E-state index is 12.3. The summed E-state index contributed by atoms with van der Waals surface area (Å²) in [5.41, 5.74) is 2.48. The fourth-order valence-corrected chi connectivity index (χ4v) is 3.49. The molecule has 0 unspecified atom stereocenters. The normalized spacial score (nSPS) is 11.0. The molecule has 0 aliphatic heterocycles. The number of nitrogens with zero attached hydrogens (tertiary/aromatic N) is 3. The number of pyridine rings is 1. The zero-order valence-corrected chi connectivity index (χ0v) is 14.9. The fraction of sp³-hybridized carbons (Fsp3) is 0.105. The van der Waals surface area contributed by atoms with Gasteiger partial charge in [-0.3, -0.25) is 9.20 Å². The summed E-state index contributed by atoms with van der Waals surface area (Å²) in [5, 5.41) is 13.1. The molecule has 2 aromatic heterocycles. The predicted octanol–water partition coefficient (Wildman–Crippen LogP) is 3.62. The number of benzene rings is 2. The van der Waals surface area contributed by atoms with E-state index in [0.29, 0.717) is 16.6 Å². The van der Waals surface area contributed by atoms with E-state index in [-0.39, 0.29) is 11.7 Å². The lowest BCUT2D eigenvalue weighted by atomic mass is 10.2. The van der Waals surface area contributed by atoms with E-state index in [1.165, 1.54) is 11.8 Å². The summed E-state index contributed by atoms with van der Waals surface area (Å²) < 4.78 is 7.14. The maximum Gasteiger partial charge on any atom is 0.234 e. The minimum absolute atomic E-state index is 0.111. The zero-order chi connectivity index (χ0) is 17.9. The Kier molecular flexibility index (Phi) is 4.45. The van der Waals surface area contributed by atoms with Gasteiger partial charge in [0.05, 0.1) is 18.4 Å². The quantitative estimate of drug-likeness (QED) is 0.548. The number of fused-ring (bicyclic) bond motifs is 3. The molecule has 6 nitrogen and oxygen atoms in total. The van der Waals surface area contributed by atoms with E-state index in [4.69, 9.17) is 4.74 Å². The molecule has 0 bridgehead atoms. The van der Waals surface area contributed by atoms with Gasteiger partial charge in [0.1, 0.15) is 5.75 Å². The number of methoxy groups -OCH3 is 1. The van der Waals surface area contributed by atoms with Gasteiger partial charge in [0.25, 0.3) is 0 Å². The van der Waals surface area contributed by atoms with Gasteiger partial charge in [-0.25, -0.2) is 0 Å². The number of carbonyl (C=O) groups is 1. The van der Waals surface area contributed by atoms with E-state index in [0.717, 1.165) is 16.6 Å². The molecule has 0 saturated heterocycles. The van der Waals surface area contributed by atoms with Gasteiger partial charge in [-0.15, -0.1) is 10.2 Å². The highest BCUT2D eigenvalue weighted by Crippen LogP contribution is 2.23. The number of thioether (sulfide) groups is 1. The first-order valence-electron chi connectivity index (χ1n) is 8.04. The summed E-state index contributed by atoms with van der Waals surface area (Å²) in [6.45, 7) is 0. The Morgan fingerprint density at radius 1 is 1.12 bits per heavy atom. The van der Waals surface area contributed by atoms with E-state index < -0.39 is 0 Å². The van der Waals surface area contributed by atoms with Gasteiger partial charge < -0.3 is 10.1 Å². The first kappa shape index (κ1) is 16.4. The first-order valence-corrected chi connectivity index (χ1v) is 9.03. The monoisotopic (exact) mass is 364 g/mol. The van der Waals surface area contributed by atoms with Crippen molar-refractivity contribution in [3.63, 3.8) is 0 Å². The van der Waals surface area contributed by atoms with Gasteiger partial charge in [0, 0.05) is 11.8 Å². The van der Waals surface area contributed by atoms with Crippen LogP contribution in [-0.2, 0) is 4.79 Å². The molecule has 0 fully saturated rings. The van der Waals surface area contributed by atoms with Crippen molar-refractivity contribution in [2.75, 3.05) is 18.2 Å². The van der Waals surface area contributed by atoms with Crippen LogP contribution < -0.4 is 10.1 Å². The molecule has 130 valence electrons. The largest absolute Gasteiger partial charge is 0.497 e. The Bertz CT molecular complexity index is 1090. The third kappa shape index (κ3) is 3.21. The number of ether oxygens (including phenoxy) is 1. The van der Waals surface area contributed by atoms with Crippen molar-refractivity contribution in [1.29, 1.82) is 0 Å². The number of rotatable bonds is 5. The molecule has 2 heterocycles. The standard InChI is InChI=1S/C19H16N4O2S/c1-25-15-7-4-6-14(11-15)20-18(24)12-26-19-22-21-17-10-9-13-5-2-3-8-16(13)23(17)19/h2-11H,12H2,1H3,(H,20,24). The summed E-state index contributed by atoms with van der Waals surface area (Å²) in [5.74, 6) is 0.826. The number of anilines is 1. The van der Waals surface area contributed by atoms with Gasteiger partial charge in [-0.2, -0.15) is 0 Å². The summed E-state index contributed by atoms with van der Waals surface area (Å²) in [6, 6.07) is 19.2. The van der Waals surface area contributed by atoms with Gasteiger partial charge in [0.15, 0.2) is 10.8 Å². The molecule has 4 aromatic rings. The molecule has 2 aromatic carbocycles. The Morgan fingerprint density at radius 2 is 2.00 bits per heavy atom. The highest BCUT2D eigenvalue weighted by Gasteiger charge is 2.12. The average molecular weight is 364 g/mol. The third-order valence-electron chi connectivity index (χ3n) is 3.93. The van der Waals surface area contributed by atoms with Crippen molar-refractivity contribution >= 4 is 39.9 Å². The minimum Gasteiger partial charge on any atom is -0.497 e. The average Bonchev–Trinajstić information content (AvgIpc) is 3.10. The summed E-state index contributed by atoms with van der Waals surface area (Å²) >= 11 is 1.35. The molecule has 0 aliphatic rings. The second kappa shape index (κ2) is 7.05. The molecule has 0 radical (unpaired) electrons. The number of hydrogen-bond donors (Lipinski definition) is 1. The van der Waals surface area contributed by atoms with Crippen molar-refractivity contribution in [1.82, 2.24) is 14.6 Å². The van der Waals surface area contributed by atoms with Crippen LogP contribution in [0.3, 0.4) is 0 Å². The zero-order valence-electron chi connectivity index (χ0n) is 14.0. The number of amides is 1. The molecule has 7 heteroatoms. The molecule has 0 aliphatic carbocycles. The van der Waals surface area contributed by atoms with Gasteiger partial charge in [-0.05, 0) is 35.7 Å². The second-order valence-corrected chi connectivity index (χ2v) is 6.58. The number of nitrogens with one attached hydrogen (secondary N) is 1. The summed E-state index contributed by atoms with van der Waals surface area (Å²) in [4.78, 5) is 12.3. The van der Waals surface area contributed by atoms with Gasteiger partial charge >= 0.3 is 0 Å². The van der Waals surface area contributed by atoms with E-state index in [1.54, 1.807) is 13.2 Å². The predicted molar refractivity (Wildman–Crippen MR) is 103 cm³/mol. The molecule has 1 amide bonds. The Balaban J connectivity index is 1.52. The highest BCUT2D eigenvalue weighted by atomic mass is 32.2. The number of aromatic nitrogens is 3. The van der Waals surface area contributed by atoms with Crippen molar-refractivity contribution in [2.45, 2.75) is 5.16 Å². The molecule has 4 rings (SSSR count).